The van der Waals surface area contributed by atoms with Crippen molar-refractivity contribution in [3.8, 4) is 0 Å². The summed E-state index contributed by atoms with van der Waals surface area (Å²) in [6.07, 6.45) is 4.14. The Kier molecular flexibility index (Phi) is 5.84. The van der Waals surface area contributed by atoms with Gasteiger partial charge in [-0.1, -0.05) is 36.4 Å². The highest BCUT2D eigenvalue weighted by Crippen LogP contribution is 2.38. The molecule has 0 fully saturated rings. The van der Waals surface area contributed by atoms with Gasteiger partial charge in [-0.3, -0.25) is 30.7 Å². The van der Waals surface area contributed by atoms with E-state index in [1.54, 1.807) is 23.2 Å². The molecule has 0 atom stereocenters. The number of hydrazine groups is 1. The molecule has 10 heteroatoms. The van der Waals surface area contributed by atoms with Crippen LogP contribution in [0.15, 0.2) is 73.3 Å². The van der Waals surface area contributed by atoms with Crippen LogP contribution in [0.25, 0.3) is 10.8 Å². The van der Waals surface area contributed by atoms with Crippen LogP contribution in [0, 0.1) is 10.1 Å². The van der Waals surface area contributed by atoms with E-state index in [-0.39, 0.29) is 17.3 Å². The van der Waals surface area contributed by atoms with Gasteiger partial charge in [-0.15, -0.1) is 0 Å². The van der Waals surface area contributed by atoms with E-state index < -0.39 is 10.8 Å². The number of hydrogen-bond acceptors (Lipinski definition) is 8. The molecule has 0 aliphatic rings. The Balaban J connectivity index is 1.72. The second kappa shape index (κ2) is 9.04. The standard InChI is InChI=1S/C22H19N7O3/c1-2-28(18-11-5-8-15-7-3-4-10-17(15)18)21-19(29(31)32)20(24-14-25-21)26-27-22(30)16-9-6-12-23-13-16/h3-14H,2H2,1H3,(H,27,30)(H,24,25,26). The predicted octanol–water partition coefficient (Wildman–Crippen LogP) is 3.85. The molecular formula is C22H19N7O3. The first kappa shape index (κ1) is 20.7. The minimum Gasteiger partial charge on any atom is -0.320 e. The maximum absolute atomic E-state index is 12.3. The van der Waals surface area contributed by atoms with E-state index in [0.717, 1.165) is 16.5 Å². The van der Waals surface area contributed by atoms with Gasteiger partial charge in [-0.2, -0.15) is 0 Å². The Labute approximate surface area is 183 Å². The van der Waals surface area contributed by atoms with Crippen LogP contribution in [0.3, 0.4) is 0 Å². The molecule has 0 aliphatic heterocycles. The minimum atomic E-state index is -0.568. The second-order valence-corrected chi connectivity index (χ2v) is 6.71. The van der Waals surface area contributed by atoms with Crippen molar-refractivity contribution >= 4 is 39.7 Å². The number of pyridine rings is 1. The van der Waals surface area contributed by atoms with E-state index in [4.69, 9.17) is 0 Å². The Morgan fingerprint density at radius 3 is 2.66 bits per heavy atom. The molecule has 2 aromatic heterocycles. The molecule has 2 aromatic carbocycles. The number of nitro groups is 1. The number of carbonyl (C=O) groups excluding carboxylic acids is 1. The van der Waals surface area contributed by atoms with Gasteiger partial charge in [-0.25, -0.2) is 9.97 Å². The van der Waals surface area contributed by atoms with Gasteiger partial charge in [0.15, 0.2) is 0 Å². The largest absolute Gasteiger partial charge is 0.355 e. The van der Waals surface area contributed by atoms with Gasteiger partial charge in [0, 0.05) is 24.3 Å². The quantitative estimate of drug-likeness (QED) is 0.335. The summed E-state index contributed by atoms with van der Waals surface area (Å²) in [5.41, 5.74) is 5.69. The van der Waals surface area contributed by atoms with Crippen LogP contribution in [-0.4, -0.2) is 32.3 Å². The van der Waals surface area contributed by atoms with Crippen molar-refractivity contribution in [3.05, 3.63) is 89.0 Å². The van der Waals surface area contributed by atoms with Crippen LogP contribution in [0.4, 0.5) is 23.0 Å². The fourth-order valence-electron chi connectivity index (χ4n) is 3.39. The van der Waals surface area contributed by atoms with Gasteiger partial charge in [0.25, 0.3) is 5.91 Å². The number of amides is 1. The molecule has 0 radical (unpaired) electrons. The number of nitrogens with zero attached hydrogens (tertiary/aromatic N) is 5. The Morgan fingerprint density at radius 1 is 1.09 bits per heavy atom. The average Bonchev–Trinajstić information content (AvgIpc) is 2.83. The van der Waals surface area contributed by atoms with Gasteiger partial charge >= 0.3 is 5.69 Å². The minimum absolute atomic E-state index is 0.113. The summed E-state index contributed by atoms with van der Waals surface area (Å²) in [5.74, 6) is -0.521. The van der Waals surface area contributed by atoms with Gasteiger partial charge in [0.1, 0.15) is 6.33 Å². The molecule has 0 bridgehead atoms. The van der Waals surface area contributed by atoms with Crippen molar-refractivity contribution in [1.29, 1.82) is 0 Å². The summed E-state index contributed by atoms with van der Waals surface area (Å²) in [5, 5.41) is 13.9. The smallest absolute Gasteiger partial charge is 0.320 e. The summed E-state index contributed by atoms with van der Waals surface area (Å²) in [7, 11) is 0. The second-order valence-electron chi connectivity index (χ2n) is 6.71. The Bertz CT molecular complexity index is 1280. The SMILES string of the molecule is CCN(c1ncnc(NNC(=O)c2cccnc2)c1[N+](=O)[O-])c1cccc2ccccc12. The number of carbonyl (C=O) groups is 1. The molecule has 0 saturated heterocycles. The third kappa shape index (κ3) is 4.01. The molecule has 10 nitrogen and oxygen atoms in total. The van der Waals surface area contributed by atoms with Crippen LogP contribution >= 0.6 is 0 Å². The van der Waals surface area contributed by atoms with E-state index in [0.29, 0.717) is 12.1 Å². The normalized spacial score (nSPS) is 10.5. The summed E-state index contributed by atoms with van der Waals surface area (Å²) in [6.45, 7) is 2.30. The van der Waals surface area contributed by atoms with Crippen LogP contribution in [0.2, 0.25) is 0 Å². The summed E-state index contributed by atoms with van der Waals surface area (Å²) in [6, 6.07) is 16.7. The third-order valence-electron chi connectivity index (χ3n) is 4.83. The first-order valence-corrected chi connectivity index (χ1v) is 9.81. The first-order valence-electron chi connectivity index (χ1n) is 9.81. The van der Waals surface area contributed by atoms with Crippen LogP contribution in [-0.2, 0) is 0 Å². The maximum Gasteiger partial charge on any atom is 0.355 e. The summed E-state index contributed by atoms with van der Waals surface area (Å²) >= 11 is 0. The number of aromatic nitrogens is 3. The zero-order valence-corrected chi connectivity index (χ0v) is 17.1. The van der Waals surface area contributed by atoms with Crippen molar-refractivity contribution in [1.82, 2.24) is 20.4 Å². The molecule has 4 aromatic rings. The molecule has 0 unspecified atom stereocenters. The van der Waals surface area contributed by atoms with Gasteiger partial charge in [0.2, 0.25) is 11.6 Å². The highest BCUT2D eigenvalue weighted by molar-refractivity contribution is 5.97. The first-order chi connectivity index (χ1) is 15.6. The fourth-order valence-corrected chi connectivity index (χ4v) is 3.39. The predicted molar refractivity (Wildman–Crippen MR) is 121 cm³/mol. The molecule has 0 spiro atoms. The van der Waals surface area contributed by atoms with E-state index >= 15 is 0 Å². The van der Waals surface area contributed by atoms with Crippen LogP contribution in [0.1, 0.15) is 17.3 Å². The summed E-state index contributed by atoms with van der Waals surface area (Å²) < 4.78 is 0. The topological polar surface area (TPSA) is 126 Å². The van der Waals surface area contributed by atoms with Crippen molar-refractivity contribution in [3.63, 3.8) is 0 Å². The number of hydrogen-bond donors (Lipinski definition) is 2. The monoisotopic (exact) mass is 429 g/mol. The van der Waals surface area contributed by atoms with Crippen LogP contribution < -0.4 is 15.8 Å². The van der Waals surface area contributed by atoms with Crippen molar-refractivity contribution in [2.75, 3.05) is 16.9 Å². The van der Waals surface area contributed by atoms with Gasteiger partial charge < -0.3 is 4.90 Å². The molecule has 2 heterocycles. The maximum atomic E-state index is 12.3. The molecule has 4 rings (SSSR count). The van der Waals surface area contributed by atoms with E-state index in [1.165, 1.54) is 12.5 Å². The molecular weight excluding hydrogens is 410 g/mol. The number of nitrogens with one attached hydrogen (secondary N) is 2. The fraction of sp³-hybridized carbons (Fsp3) is 0.0909. The highest BCUT2D eigenvalue weighted by Gasteiger charge is 2.28. The molecule has 0 saturated carbocycles. The zero-order valence-electron chi connectivity index (χ0n) is 17.1. The molecule has 160 valence electrons. The number of fused-ring (bicyclic) bond motifs is 1. The van der Waals surface area contributed by atoms with E-state index in [1.807, 2.05) is 49.4 Å². The van der Waals surface area contributed by atoms with Crippen molar-refractivity contribution in [2.45, 2.75) is 6.92 Å². The third-order valence-corrected chi connectivity index (χ3v) is 4.83. The van der Waals surface area contributed by atoms with E-state index in [9.17, 15) is 14.9 Å². The number of anilines is 3. The van der Waals surface area contributed by atoms with Crippen molar-refractivity contribution < 1.29 is 9.72 Å². The lowest BCUT2D eigenvalue weighted by Gasteiger charge is -2.24. The molecule has 32 heavy (non-hydrogen) atoms. The number of benzene rings is 2. The van der Waals surface area contributed by atoms with Crippen LogP contribution in [0.5, 0.6) is 0 Å². The number of rotatable bonds is 7. The molecule has 1 amide bonds. The highest BCUT2D eigenvalue weighted by atomic mass is 16.6. The molecule has 0 aliphatic carbocycles. The lowest BCUT2D eigenvalue weighted by atomic mass is 10.1. The molecule has 2 N–H and O–H groups in total. The lowest BCUT2D eigenvalue weighted by molar-refractivity contribution is -0.383. The zero-order chi connectivity index (χ0) is 22.5. The van der Waals surface area contributed by atoms with Gasteiger partial charge in [-0.05, 0) is 30.5 Å². The van der Waals surface area contributed by atoms with Gasteiger partial charge in [0.05, 0.1) is 16.2 Å². The Hall–Kier alpha value is -4.60. The van der Waals surface area contributed by atoms with Crippen molar-refractivity contribution in [2.24, 2.45) is 0 Å². The van der Waals surface area contributed by atoms with E-state index in [2.05, 4.69) is 25.8 Å². The average molecular weight is 429 g/mol. The summed E-state index contributed by atoms with van der Waals surface area (Å²) in [4.78, 5) is 37.6. The lowest BCUT2D eigenvalue weighted by Crippen LogP contribution is -2.30. The Morgan fingerprint density at radius 2 is 1.91 bits per heavy atom.